The Bertz CT molecular complexity index is 407. The lowest BCUT2D eigenvalue weighted by molar-refractivity contribution is -0.138. The first-order valence-electron chi connectivity index (χ1n) is 11.7. The first kappa shape index (κ1) is 26.7. The summed E-state index contributed by atoms with van der Waals surface area (Å²) in [6.07, 6.45) is 19.8. The molecule has 0 fully saturated rings. The minimum absolute atomic E-state index is 0.102. The summed E-state index contributed by atoms with van der Waals surface area (Å²) in [7, 11) is 0. The molecule has 0 unspecified atom stereocenters. The van der Waals surface area contributed by atoms with E-state index in [1.165, 1.54) is 77.0 Å². The molecule has 0 aromatic carbocycles. The number of ether oxygens (including phenoxy) is 1. The molecule has 0 aliphatic carbocycles. The molecule has 0 bridgehead atoms. The van der Waals surface area contributed by atoms with Gasteiger partial charge >= 0.3 is 5.97 Å². The monoisotopic (exact) mass is 395 g/mol. The maximum absolute atomic E-state index is 11.7. The molecule has 0 heterocycles. The largest absolute Gasteiger partial charge is 0.462 e. The van der Waals surface area contributed by atoms with Gasteiger partial charge in [0.15, 0.2) is 0 Å². The van der Waals surface area contributed by atoms with Crippen molar-refractivity contribution in [2.75, 3.05) is 13.2 Å². The maximum atomic E-state index is 11.7. The molecule has 0 radical (unpaired) electrons. The number of carbonyl (C=O) groups is 2. The maximum Gasteiger partial charge on any atom is 0.333 e. The molecule has 4 heteroatoms. The highest BCUT2D eigenvalue weighted by Crippen LogP contribution is 2.13. The first-order chi connectivity index (χ1) is 13.6. The lowest BCUT2D eigenvalue weighted by Gasteiger charge is -2.06. The number of esters is 1. The van der Waals surface area contributed by atoms with E-state index in [2.05, 4.69) is 18.8 Å². The molecular formula is C24H45NO3. The summed E-state index contributed by atoms with van der Waals surface area (Å²) in [6.45, 7) is 8.30. The van der Waals surface area contributed by atoms with Crippen LogP contribution in [0.25, 0.3) is 0 Å². The van der Waals surface area contributed by atoms with Gasteiger partial charge in [0.25, 0.3) is 0 Å². The third kappa shape index (κ3) is 19.4. The number of hydrogen-bond donors (Lipinski definition) is 1. The number of unbranched alkanes of at least 4 members (excludes halogenated alkanes) is 13. The average molecular weight is 396 g/mol. The van der Waals surface area contributed by atoms with Crippen molar-refractivity contribution in [3.8, 4) is 0 Å². The normalized spacial score (nSPS) is 10.6. The molecule has 0 saturated heterocycles. The Labute approximate surface area is 173 Å². The molecule has 0 atom stereocenters. The Morgan fingerprint density at radius 1 is 0.750 bits per heavy atom. The minimum Gasteiger partial charge on any atom is -0.462 e. The second kappa shape index (κ2) is 20.4. The summed E-state index contributed by atoms with van der Waals surface area (Å²) in [5.74, 6) is -0.265. The number of hydrogen-bond acceptors (Lipinski definition) is 3. The molecule has 1 amide bonds. The predicted octanol–water partition coefficient (Wildman–Crippen LogP) is 6.48. The van der Waals surface area contributed by atoms with Gasteiger partial charge in [-0.3, -0.25) is 4.79 Å². The van der Waals surface area contributed by atoms with Gasteiger partial charge in [0.2, 0.25) is 5.91 Å². The topological polar surface area (TPSA) is 55.4 Å². The van der Waals surface area contributed by atoms with Crippen molar-refractivity contribution in [3.05, 3.63) is 12.2 Å². The Hall–Kier alpha value is -1.32. The molecule has 4 nitrogen and oxygen atoms in total. The van der Waals surface area contributed by atoms with Gasteiger partial charge in [-0.1, -0.05) is 97.0 Å². The lowest BCUT2D eigenvalue weighted by Crippen LogP contribution is -2.25. The van der Waals surface area contributed by atoms with E-state index in [9.17, 15) is 9.59 Å². The van der Waals surface area contributed by atoms with Crippen LogP contribution < -0.4 is 5.32 Å². The van der Waals surface area contributed by atoms with Gasteiger partial charge in [0, 0.05) is 18.5 Å². The molecule has 0 aromatic heterocycles. The van der Waals surface area contributed by atoms with E-state index in [0.717, 1.165) is 12.8 Å². The van der Waals surface area contributed by atoms with Crippen LogP contribution in [0.2, 0.25) is 0 Å². The van der Waals surface area contributed by atoms with Gasteiger partial charge in [-0.25, -0.2) is 4.79 Å². The number of amides is 1. The average Bonchev–Trinajstić information content (AvgIpc) is 2.67. The summed E-state index contributed by atoms with van der Waals surface area (Å²) in [5.41, 5.74) is 0.404. The van der Waals surface area contributed by atoms with E-state index in [0.29, 0.717) is 31.6 Å². The third-order valence-electron chi connectivity index (χ3n) is 4.98. The highest BCUT2D eigenvalue weighted by Gasteiger charge is 2.03. The lowest BCUT2D eigenvalue weighted by atomic mass is 10.0. The van der Waals surface area contributed by atoms with E-state index in [-0.39, 0.29) is 11.9 Å². The summed E-state index contributed by atoms with van der Waals surface area (Å²) in [4.78, 5) is 22.9. The molecule has 164 valence electrons. The number of rotatable bonds is 20. The zero-order valence-electron chi connectivity index (χ0n) is 18.7. The van der Waals surface area contributed by atoms with Gasteiger partial charge in [-0.15, -0.1) is 0 Å². The molecule has 1 N–H and O–H groups in total. The van der Waals surface area contributed by atoms with Gasteiger partial charge in [0.1, 0.15) is 0 Å². The highest BCUT2D eigenvalue weighted by molar-refractivity contribution is 5.86. The van der Waals surface area contributed by atoms with Crippen LogP contribution in [0.4, 0.5) is 0 Å². The van der Waals surface area contributed by atoms with Crippen LogP contribution in [0.15, 0.2) is 12.2 Å². The van der Waals surface area contributed by atoms with Crippen molar-refractivity contribution >= 4 is 11.9 Å². The fourth-order valence-corrected chi connectivity index (χ4v) is 3.16. The van der Waals surface area contributed by atoms with Gasteiger partial charge in [-0.2, -0.15) is 0 Å². The molecule has 0 aliphatic heterocycles. The molecule has 0 aromatic rings. The third-order valence-corrected chi connectivity index (χ3v) is 4.98. The van der Waals surface area contributed by atoms with Gasteiger partial charge < -0.3 is 10.1 Å². The van der Waals surface area contributed by atoms with Crippen molar-refractivity contribution in [2.24, 2.45) is 0 Å². The van der Waals surface area contributed by atoms with Crippen molar-refractivity contribution in [3.63, 3.8) is 0 Å². The van der Waals surface area contributed by atoms with Crippen LogP contribution in [-0.4, -0.2) is 25.0 Å². The molecule has 0 rings (SSSR count). The van der Waals surface area contributed by atoms with Gasteiger partial charge in [-0.05, 0) is 19.8 Å². The molecule has 0 saturated carbocycles. The van der Waals surface area contributed by atoms with Crippen LogP contribution in [0.1, 0.15) is 117 Å². The highest BCUT2D eigenvalue weighted by atomic mass is 16.5. The Morgan fingerprint density at radius 2 is 1.21 bits per heavy atom. The number of carbonyl (C=O) groups excluding carboxylic acids is 2. The fourth-order valence-electron chi connectivity index (χ4n) is 3.16. The molecule has 28 heavy (non-hydrogen) atoms. The zero-order chi connectivity index (χ0) is 20.9. The summed E-state index contributed by atoms with van der Waals surface area (Å²) < 4.78 is 4.98. The summed E-state index contributed by atoms with van der Waals surface area (Å²) in [5, 5.41) is 2.88. The van der Waals surface area contributed by atoms with Crippen LogP contribution in [0, 0.1) is 0 Å². The molecule has 0 aliphatic rings. The van der Waals surface area contributed by atoms with Crippen LogP contribution >= 0.6 is 0 Å². The summed E-state index contributed by atoms with van der Waals surface area (Å²) in [6, 6.07) is 0. The first-order valence-corrected chi connectivity index (χ1v) is 11.7. The van der Waals surface area contributed by atoms with E-state index >= 15 is 0 Å². The molecular weight excluding hydrogens is 350 g/mol. The van der Waals surface area contributed by atoms with Crippen molar-refractivity contribution in [1.82, 2.24) is 5.32 Å². The SMILES string of the molecule is C=C(C)C(=O)OCCCNC(=O)CCCCCCCCCCCCCCCC. The Balaban J connectivity index is 3.22. The van der Waals surface area contributed by atoms with E-state index in [1.807, 2.05) is 0 Å². The van der Waals surface area contributed by atoms with Crippen LogP contribution in [0.3, 0.4) is 0 Å². The standard InChI is InChI=1S/C24H45NO3/c1-4-5-6-7-8-9-10-11-12-13-14-15-16-17-19-23(26)25-20-18-21-28-24(27)22(2)3/h2,4-21H2,1,3H3,(H,25,26). The Morgan fingerprint density at radius 3 is 1.68 bits per heavy atom. The quantitative estimate of drug-likeness (QED) is 0.146. The minimum atomic E-state index is -0.367. The fraction of sp³-hybridized carbons (Fsp3) is 0.833. The zero-order valence-corrected chi connectivity index (χ0v) is 18.7. The molecule has 0 spiro atoms. The van der Waals surface area contributed by atoms with Crippen molar-refractivity contribution < 1.29 is 14.3 Å². The second-order valence-electron chi connectivity index (χ2n) is 7.97. The summed E-state index contributed by atoms with van der Waals surface area (Å²) >= 11 is 0. The van der Waals surface area contributed by atoms with Crippen LogP contribution in [-0.2, 0) is 14.3 Å². The number of nitrogens with one attached hydrogen (secondary N) is 1. The van der Waals surface area contributed by atoms with Gasteiger partial charge in [0.05, 0.1) is 6.61 Å². The van der Waals surface area contributed by atoms with Crippen molar-refractivity contribution in [2.45, 2.75) is 117 Å². The van der Waals surface area contributed by atoms with E-state index < -0.39 is 0 Å². The van der Waals surface area contributed by atoms with Crippen LogP contribution in [0.5, 0.6) is 0 Å². The smallest absolute Gasteiger partial charge is 0.333 e. The second-order valence-corrected chi connectivity index (χ2v) is 7.97. The predicted molar refractivity (Wildman–Crippen MR) is 118 cm³/mol. The van der Waals surface area contributed by atoms with E-state index in [4.69, 9.17) is 4.74 Å². The Kier molecular flexibility index (Phi) is 19.5. The van der Waals surface area contributed by atoms with Crippen molar-refractivity contribution in [1.29, 1.82) is 0 Å². The van der Waals surface area contributed by atoms with E-state index in [1.54, 1.807) is 6.92 Å².